The molecular formula is C24H31N3O3. The molecule has 0 bridgehead atoms. The summed E-state index contributed by atoms with van der Waals surface area (Å²) >= 11 is 0. The summed E-state index contributed by atoms with van der Waals surface area (Å²) in [5, 5.41) is 3.02. The molecule has 30 heavy (non-hydrogen) atoms. The zero-order valence-corrected chi connectivity index (χ0v) is 18.0. The number of hydrogen-bond acceptors (Lipinski definition) is 4. The van der Waals surface area contributed by atoms with Crippen molar-refractivity contribution in [2.24, 2.45) is 5.92 Å². The second-order valence-corrected chi connectivity index (χ2v) is 8.18. The summed E-state index contributed by atoms with van der Waals surface area (Å²) in [6.07, 6.45) is 4.46. The van der Waals surface area contributed by atoms with Gasteiger partial charge in [-0.3, -0.25) is 14.6 Å². The van der Waals surface area contributed by atoms with E-state index in [0.29, 0.717) is 37.0 Å². The van der Waals surface area contributed by atoms with Crippen LogP contribution in [-0.4, -0.2) is 47.4 Å². The van der Waals surface area contributed by atoms with Crippen molar-refractivity contribution in [3.05, 3.63) is 59.9 Å². The number of hydrogen-bond donors (Lipinski definition) is 1. The van der Waals surface area contributed by atoms with Crippen molar-refractivity contribution in [1.82, 2.24) is 15.2 Å². The zero-order valence-electron chi connectivity index (χ0n) is 18.0. The first kappa shape index (κ1) is 21.8. The first-order valence-corrected chi connectivity index (χ1v) is 10.7. The van der Waals surface area contributed by atoms with Gasteiger partial charge in [0, 0.05) is 32.0 Å². The Morgan fingerprint density at radius 3 is 2.53 bits per heavy atom. The molecule has 1 saturated heterocycles. The van der Waals surface area contributed by atoms with Crippen molar-refractivity contribution in [2.45, 2.75) is 45.6 Å². The van der Waals surface area contributed by atoms with Gasteiger partial charge in [-0.1, -0.05) is 32.0 Å². The van der Waals surface area contributed by atoms with Crippen molar-refractivity contribution < 1.29 is 14.3 Å². The fraction of sp³-hybridized carbons (Fsp3) is 0.458. The van der Waals surface area contributed by atoms with E-state index in [1.165, 1.54) is 0 Å². The largest absolute Gasteiger partial charge is 0.481 e. The molecule has 1 aliphatic rings. The van der Waals surface area contributed by atoms with Crippen LogP contribution in [0.2, 0.25) is 0 Å². The minimum absolute atomic E-state index is 0.0245. The average Bonchev–Trinajstić information content (AvgIpc) is 2.78. The summed E-state index contributed by atoms with van der Waals surface area (Å²) < 4.78 is 5.94. The number of benzene rings is 1. The van der Waals surface area contributed by atoms with E-state index >= 15 is 0 Å². The lowest BCUT2D eigenvalue weighted by atomic mass is 9.96. The number of likely N-dealkylation sites (tertiary alicyclic amines) is 1. The van der Waals surface area contributed by atoms with Gasteiger partial charge in [0.1, 0.15) is 5.75 Å². The van der Waals surface area contributed by atoms with Crippen LogP contribution in [-0.2, 0) is 4.79 Å². The quantitative estimate of drug-likeness (QED) is 0.758. The van der Waals surface area contributed by atoms with Gasteiger partial charge in [0.2, 0.25) is 0 Å². The van der Waals surface area contributed by atoms with Crippen LogP contribution in [0.4, 0.5) is 0 Å². The lowest BCUT2D eigenvalue weighted by Crippen LogP contribution is -2.43. The smallest absolute Gasteiger partial charge is 0.260 e. The zero-order chi connectivity index (χ0) is 21.5. The Labute approximate surface area is 178 Å². The van der Waals surface area contributed by atoms with Crippen LogP contribution < -0.4 is 10.1 Å². The maximum atomic E-state index is 12.5. The fourth-order valence-electron chi connectivity index (χ4n) is 3.71. The van der Waals surface area contributed by atoms with Crippen LogP contribution in [0.15, 0.2) is 48.8 Å². The minimum atomic E-state index is -0.558. The molecule has 160 valence electrons. The number of rotatable bonds is 7. The number of piperidine rings is 1. The van der Waals surface area contributed by atoms with E-state index in [-0.39, 0.29) is 11.8 Å². The van der Waals surface area contributed by atoms with Crippen LogP contribution in [0.1, 0.15) is 55.5 Å². The number of ether oxygens (including phenoxy) is 1. The van der Waals surface area contributed by atoms with E-state index in [9.17, 15) is 9.59 Å². The van der Waals surface area contributed by atoms with E-state index in [1.807, 2.05) is 29.2 Å². The average molecular weight is 410 g/mol. The normalized spacial score (nSPS) is 15.7. The monoisotopic (exact) mass is 409 g/mol. The Morgan fingerprint density at radius 2 is 1.87 bits per heavy atom. The standard InChI is InChI=1S/C24H31N3O3/c1-17(2)21-8-4-5-9-22(21)30-18(3)23(28)26-15-19-10-13-27(14-11-19)24(29)20-7-6-12-25-16-20/h4-9,12,16-19H,10-11,13-15H2,1-3H3,(H,26,28). The maximum Gasteiger partial charge on any atom is 0.260 e. The SMILES string of the molecule is CC(Oc1ccccc1C(C)C)C(=O)NCC1CCN(C(=O)c2cccnc2)CC1. The summed E-state index contributed by atoms with van der Waals surface area (Å²) in [5.74, 6) is 1.37. The molecular weight excluding hydrogens is 378 g/mol. The lowest BCUT2D eigenvalue weighted by molar-refractivity contribution is -0.127. The number of pyridine rings is 1. The number of carbonyl (C=O) groups is 2. The van der Waals surface area contributed by atoms with E-state index in [1.54, 1.807) is 31.5 Å². The van der Waals surface area contributed by atoms with Crippen molar-refractivity contribution in [3.8, 4) is 5.75 Å². The van der Waals surface area contributed by atoms with Gasteiger partial charge >= 0.3 is 0 Å². The van der Waals surface area contributed by atoms with E-state index in [0.717, 1.165) is 24.2 Å². The molecule has 1 unspecified atom stereocenters. The molecule has 0 radical (unpaired) electrons. The Kier molecular flexibility index (Phi) is 7.44. The molecule has 1 aromatic carbocycles. The highest BCUT2D eigenvalue weighted by Crippen LogP contribution is 2.26. The summed E-state index contributed by atoms with van der Waals surface area (Å²) in [7, 11) is 0. The second-order valence-electron chi connectivity index (χ2n) is 8.18. The molecule has 1 N–H and O–H groups in total. The van der Waals surface area contributed by atoms with Crippen LogP contribution in [0.25, 0.3) is 0 Å². The van der Waals surface area contributed by atoms with Crippen molar-refractivity contribution in [1.29, 1.82) is 0 Å². The van der Waals surface area contributed by atoms with E-state index in [4.69, 9.17) is 4.74 Å². The molecule has 1 fully saturated rings. The van der Waals surface area contributed by atoms with Gasteiger partial charge in [-0.15, -0.1) is 0 Å². The number of aromatic nitrogens is 1. The minimum Gasteiger partial charge on any atom is -0.481 e. The van der Waals surface area contributed by atoms with Crippen LogP contribution in [0, 0.1) is 5.92 Å². The number of nitrogens with one attached hydrogen (secondary N) is 1. The van der Waals surface area contributed by atoms with Gasteiger partial charge in [-0.25, -0.2) is 0 Å². The number of nitrogens with zero attached hydrogens (tertiary/aromatic N) is 2. The molecule has 0 spiro atoms. The van der Waals surface area contributed by atoms with Gasteiger partial charge in [0.25, 0.3) is 11.8 Å². The van der Waals surface area contributed by atoms with Crippen molar-refractivity contribution in [3.63, 3.8) is 0 Å². The van der Waals surface area contributed by atoms with Gasteiger partial charge < -0.3 is 15.0 Å². The van der Waals surface area contributed by atoms with Crippen molar-refractivity contribution in [2.75, 3.05) is 19.6 Å². The molecule has 6 nitrogen and oxygen atoms in total. The maximum absolute atomic E-state index is 12.5. The fourth-order valence-corrected chi connectivity index (χ4v) is 3.71. The topological polar surface area (TPSA) is 71.5 Å². The van der Waals surface area contributed by atoms with Gasteiger partial charge in [0.15, 0.2) is 6.10 Å². The third kappa shape index (κ3) is 5.59. The van der Waals surface area contributed by atoms with E-state index < -0.39 is 6.10 Å². The Bertz CT molecular complexity index is 846. The van der Waals surface area contributed by atoms with Gasteiger partial charge in [-0.2, -0.15) is 0 Å². The number of para-hydroxylation sites is 1. The molecule has 0 saturated carbocycles. The molecule has 2 amide bonds. The summed E-state index contributed by atoms with van der Waals surface area (Å²) in [6, 6.07) is 11.4. The molecule has 0 aliphatic carbocycles. The highest BCUT2D eigenvalue weighted by atomic mass is 16.5. The summed E-state index contributed by atoms with van der Waals surface area (Å²) in [5.41, 5.74) is 1.72. The van der Waals surface area contributed by atoms with Crippen molar-refractivity contribution >= 4 is 11.8 Å². The lowest BCUT2D eigenvalue weighted by Gasteiger charge is -2.32. The highest BCUT2D eigenvalue weighted by molar-refractivity contribution is 5.93. The third-order valence-corrected chi connectivity index (χ3v) is 5.59. The molecule has 6 heteroatoms. The highest BCUT2D eigenvalue weighted by Gasteiger charge is 2.25. The second kappa shape index (κ2) is 10.2. The molecule has 1 aliphatic heterocycles. The predicted octanol–water partition coefficient (Wildman–Crippen LogP) is 3.64. The van der Waals surface area contributed by atoms with Gasteiger partial charge in [-0.05, 0) is 55.4 Å². The summed E-state index contributed by atoms with van der Waals surface area (Å²) in [4.78, 5) is 30.9. The molecule has 2 heterocycles. The first-order valence-electron chi connectivity index (χ1n) is 10.7. The molecule has 3 rings (SSSR count). The number of amides is 2. The summed E-state index contributed by atoms with van der Waals surface area (Å²) in [6.45, 7) is 8.00. The van der Waals surface area contributed by atoms with Gasteiger partial charge in [0.05, 0.1) is 5.56 Å². The molecule has 2 aromatic rings. The Balaban J connectivity index is 1.44. The van der Waals surface area contributed by atoms with Crippen LogP contribution in [0.5, 0.6) is 5.75 Å². The molecule has 1 atom stereocenters. The third-order valence-electron chi connectivity index (χ3n) is 5.59. The number of carbonyl (C=O) groups excluding carboxylic acids is 2. The Morgan fingerprint density at radius 1 is 1.13 bits per heavy atom. The Hall–Kier alpha value is -2.89. The van der Waals surface area contributed by atoms with E-state index in [2.05, 4.69) is 24.1 Å². The molecule has 1 aromatic heterocycles. The first-order chi connectivity index (χ1) is 14.5. The van der Waals surface area contributed by atoms with Crippen LogP contribution in [0.3, 0.4) is 0 Å². The van der Waals surface area contributed by atoms with Crippen LogP contribution >= 0.6 is 0 Å². The predicted molar refractivity (Wildman–Crippen MR) is 116 cm³/mol.